The summed E-state index contributed by atoms with van der Waals surface area (Å²) in [6.07, 6.45) is 4.53. The molecule has 0 aromatic carbocycles. The van der Waals surface area contributed by atoms with Crippen LogP contribution in [0.2, 0.25) is 0 Å². The molecule has 1 rings (SSSR count). The van der Waals surface area contributed by atoms with E-state index in [9.17, 15) is 4.79 Å². The number of amides is 1. The molecule has 0 bridgehead atoms. The molecule has 1 aromatic rings. The first-order valence-electron chi connectivity index (χ1n) is 5.95. The Morgan fingerprint density at radius 3 is 2.59 bits per heavy atom. The van der Waals surface area contributed by atoms with Crippen molar-refractivity contribution in [1.82, 2.24) is 10.2 Å². The Kier molecular flexibility index (Phi) is 5.63. The van der Waals surface area contributed by atoms with Crippen molar-refractivity contribution in [2.75, 3.05) is 27.2 Å². The number of rotatable bonds is 6. The second-order valence-corrected chi connectivity index (χ2v) is 4.52. The first kappa shape index (κ1) is 13.6. The third kappa shape index (κ3) is 6.02. The lowest BCUT2D eigenvalue weighted by atomic mass is 10.3. The largest absolute Gasteiger partial charge is 0.355 e. The van der Waals surface area contributed by atoms with Crippen LogP contribution < -0.4 is 9.88 Å². The van der Waals surface area contributed by atoms with Gasteiger partial charge in [-0.1, -0.05) is 0 Å². The molecule has 0 fully saturated rings. The molecule has 94 valence electrons. The first-order valence-corrected chi connectivity index (χ1v) is 5.95. The summed E-state index contributed by atoms with van der Waals surface area (Å²) in [4.78, 5) is 13.6. The predicted octanol–water partition coefficient (Wildman–Crippen LogP) is 0.350. The Morgan fingerprint density at radius 1 is 1.35 bits per heavy atom. The fourth-order valence-electron chi connectivity index (χ4n) is 1.42. The minimum absolute atomic E-state index is 0.111. The van der Waals surface area contributed by atoms with Crippen LogP contribution in [0.1, 0.15) is 12.0 Å². The van der Waals surface area contributed by atoms with Crippen molar-refractivity contribution in [2.45, 2.75) is 19.9 Å². The molecule has 0 saturated heterocycles. The SMILES string of the molecule is Cc1cc[n+](CCC(=O)NCCN(C)C)cc1. The van der Waals surface area contributed by atoms with Crippen molar-refractivity contribution in [2.24, 2.45) is 0 Å². The number of likely N-dealkylation sites (N-methyl/N-ethyl adjacent to an activating group) is 1. The summed E-state index contributed by atoms with van der Waals surface area (Å²) in [7, 11) is 3.99. The molecule has 17 heavy (non-hydrogen) atoms. The summed E-state index contributed by atoms with van der Waals surface area (Å²) in [5, 5.41) is 2.90. The molecule has 4 nitrogen and oxygen atoms in total. The normalized spacial score (nSPS) is 10.6. The zero-order chi connectivity index (χ0) is 12.7. The number of hydrogen-bond acceptors (Lipinski definition) is 2. The second kappa shape index (κ2) is 7.01. The average molecular weight is 236 g/mol. The Balaban J connectivity index is 2.21. The van der Waals surface area contributed by atoms with E-state index < -0.39 is 0 Å². The zero-order valence-corrected chi connectivity index (χ0v) is 10.9. The van der Waals surface area contributed by atoms with Gasteiger partial charge in [-0.3, -0.25) is 4.79 Å². The van der Waals surface area contributed by atoms with Crippen LogP contribution in [0.15, 0.2) is 24.5 Å². The van der Waals surface area contributed by atoms with Gasteiger partial charge in [0.15, 0.2) is 18.9 Å². The van der Waals surface area contributed by atoms with Crippen molar-refractivity contribution >= 4 is 5.91 Å². The van der Waals surface area contributed by atoms with Crippen LogP contribution in [0.25, 0.3) is 0 Å². The van der Waals surface area contributed by atoms with E-state index in [1.165, 1.54) is 5.56 Å². The van der Waals surface area contributed by atoms with Crippen LogP contribution >= 0.6 is 0 Å². The molecule has 0 saturated carbocycles. The molecule has 0 unspecified atom stereocenters. The molecule has 0 atom stereocenters. The van der Waals surface area contributed by atoms with Crippen molar-refractivity contribution in [1.29, 1.82) is 0 Å². The summed E-state index contributed by atoms with van der Waals surface area (Å²) in [5.74, 6) is 0.111. The zero-order valence-electron chi connectivity index (χ0n) is 10.9. The molecule has 0 spiro atoms. The highest BCUT2D eigenvalue weighted by molar-refractivity contribution is 5.75. The van der Waals surface area contributed by atoms with E-state index in [0.717, 1.165) is 13.1 Å². The molecule has 1 amide bonds. The topological polar surface area (TPSA) is 36.2 Å². The van der Waals surface area contributed by atoms with Crippen LogP contribution in [0.4, 0.5) is 0 Å². The number of aryl methyl sites for hydroxylation is 2. The van der Waals surface area contributed by atoms with Gasteiger partial charge in [-0.05, 0) is 26.6 Å². The molecule has 4 heteroatoms. The highest BCUT2D eigenvalue weighted by Crippen LogP contribution is 1.90. The van der Waals surface area contributed by atoms with Crippen LogP contribution in [0.5, 0.6) is 0 Å². The van der Waals surface area contributed by atoms with Crippen molar-refractivity contribution in [3.05, 3.63) is 30.1 Å². The second-order valence-electron chi connectivity index (χ2n) is 4.52. The summed E-state index contributed by atoms with van der Waals surface area (Å²) in [6, 6.07) is 4.09. The molecule has 1 aromatic heterocycles. The van der Waals surface area contributed by atoms with Crippen LogP contribution in [-0.4, -0.2) is 38.0 Å². The van der Waals surface area contributed by atoms with Crippen molar-refractivity contribution < 1.29 is 9.36 Å². The molecule has 0 radical (unpaired) electrons. The summed E-state index contributed by atoms with van der Waals surface area (Å²) in [6.45, 7) is 4.38. The minimum atomic E-state index is 0.111. The number of carbonyl (C=O) groups is 1. The predicted molar refractivity (Wildman–Crippen MR) is 67.6 cm³/mol. The van der Waals surface area contributed by atoms with Gasteiger partial charge in [-0.2, -0.15) is 0 Å². The monoisotopic (exact) mass is 236 g/mol. The van der Waals surface area contributed by atoms with E-state index in [1.807, 2.05) is 43.2 Å². The Bertz CT molecular complexity index is 346. The lowest BCUT2D eigenvalue weighted by molar-refractivity contribution is -0.695. The van der Waals surface area contributed by atoms with Gasteiger partial charge in [0.05, 0.1) is 6.42 Å². The van der Waals surface area contributed by atoms with E-state index in [4.69, 9.17) is 0 Å². The van der Waals surface area contributed by atoms with Gasteiger partial charge >= 0.3 is 0 Å². The number of nitrogens with one attached hydrogen (secondary N) is 1. The van der Waals surface area contributed by atoms with Gasteiger partial charge in [0.1, 0.15) is 0 Å². The highest BCUT2D eigenvalue weighted by atomic mass is 16.1. The van der Waals surface area contributed by atoms with Crippen LogP contribution in [-0.2, 0) is 11.3 Å². The molecule has 0 aliphatic carbocycles. The molecule has 1 heterocycles. The molecular formula is C13H22N3O+. The third-order valence-corrected chi connectivity index (χ3v) is 2.54. The van der Waals surface area contributed by atoms with E-state index in [0.29, 0.717) is 13.0 Å². The van der Waals surface area contributed by atoms with E-state index >= 15 is 0 Å². The highest BCUT2D eigenvalue weighted by Gasteiger charge is 2.05. The first-order chi connectivity index (χ1) is 8.08. The van der Waals surface area contributed by atoms with Crippen LogP contribution in [0.3, 0.4) is 0 Å². The van der Waals surface area contributed by atoms with E-state index in [1.54, 1.807) is 0 Å². The van der Waals surface area contributed by atoms with E-state index in [-0.39, 0.29) is 5.91 Å². The summed E-state index contributed by atoms with van der Waals surface area (Å²) < 4.78 is 2.03. The minimum Gasteiger partial charge on any atom is -0.355 e. The number of hydrogen-bond donors (Lipinski definition) is 1. The molecule has 0 aliphatic heterocycles. The Labute approximate surface area is 103 Å². The number of pyridine rings is 1. The van der Waals surface area contributed by atoms with Gasteiger partial charge in [-0.15, -0.1) is 0 Å². The van der Waals surface area contributed by atoms with Crippen molar-refractivity contribution in [3.8, 4) is 0 Å². The van der Waals surface area contributed by atoms with Gasteiger partial charge < -0.3 is 10.2 Å². The number of carbonyl (C=O) groups excluding carboxylic acids is 1. The van der Waals surface area contributed by atoms with Gasteiger partial charge in [0.25, 0.3) is 0 Å². The number of aromatic nitrogens is 1. The maximum Gasteiger partial charge on any atom is 0.226 e. The standard InChI is InChI=1S/C13H21N3O/c1-12-4-8-16(9-5-12)10-6-13(17)14-7-11-15(2)3/h4-5,8-9H,6-7,10-11H2,1-3H3/p+1. The Hall–Kier alpha value is -1.42. The van der Waals surface area contributed by atoms with E-state index in [2.05, 4.69) is 17.1 Å². The maximum atomic E-state index is 11.5. The summed E-state index contributed by atoms with van der Waals surface area (Å²) in [5.41, 5.74) is 1.23. The van der Waals surface area contributed by atoms with Gasteiger partial charge in [-0.25, -0.2) is 4.57 Å². The van der Waals surface area contributed by atoms with Gasteiger partial charge in [0, 0.05) is 25.2 Å². The average Bonchev–Trinajstić information content (AvgIpc) is 2.28. The molecule has 1 N–H and O–H groups in total. The lowest BCUT2D eigenvalue weighted by Gasteiger charge is -2.09. The molecular weight excluding hydrogens is 214 g/mol. The quantitative estimate of drug-likeness (QED) is 0.724. The number of nitrogens with zero attached hydrogens (tertiary/aromatic N) is 2. The lowest BCUT2D eigenvalue weighted by Crippen LogP contribution is -2.37. The third-order valence-electron chi connectivity index (χ3n) is 2.54. The fourth-order valence-corrected chi connectivity index (χ4v) is 1.42. The fraction of sp³-hybridized carbons (Fsp3) is 0.538. The maximum absolute atomic E-state index is 11.5. The molecule has 0 aliphatic rings. The van der Waals surface area contributed by atoms with Gasteiger partial charge in [0.2, 0.25) is 5.91 Å². The van der Waals surface area contributed by atoms with Crippen molar-refractivity contribution in [3.63, 3.8) is 0 Å². The van der Waals surface area contributed by atoms with Crippen LogP contribution in [0, 0.1) is 6.92 Å². The smallest absolute Gasteiger partial charge is 0.226 e. The Morgan fingerprint density at radius 2 is 2.00 bits per heavy atom. The summed E-state index contributed by atoms with van der Waals surface area (Å²) >= 11 is 0.